The van der Waals surface area contributed by atoms with Gasteiger partial charge in [-0.25, -0.2) is 4.79 Å². The summed E-state index contributed by atoms with van der Waals surface area (Å²) in [4.78, 5) is 49.2. The number of hydrogen-bond donors (Lipinski definition) is 5. The number of para-hydroxylation sites is 1. The smallest absolute Gasteiger partial charge is 0.328 e. The SMILES string of the molecule is NC(=O)C[C@H](NC(=O)C(Cc1c[nH]c2ccccc12)OP(=O)(O)CCCc1ccccc1)C(=O)O. The number of carbonyl (C=O) groups excluding carboxylic acids is 2. The molecular weight excluding hydrogens is 473 g/mol. The zero-order chi connectivity index (χ0) is 25.4. The number of carbonyl (C=O) groups is 3. The van der Waals surface area contributed by atoms with E-state index in [2.05, 4.69) is 10.3 Å². The molecule has 11 heteroatoms. The van der Waals surface area contributed by atoms with E-state index in [0.717, 1.165) is 16.5 Å². The Labute approximate surface area is 202 Å². The number of aryl methyl sites for hydroxylation is 1. The third kappa shape index (κ3) is 7.78. The summed E-state index contributed by atoms with van der Waals surface area (Å²) in [6.07, 6.45) is 0.160. The highest BCUT2D eigenvalue weighted by Crippen LogP contribution is 2.45. The first-order valence-electron chi connectivity index (χ1n) is 11.1. The number of hydrogen-bond acceptors (Lipinski definition) is 5. The lowest BCUT2D eigenvalue weighted by Crippen LogP contribution is -2.48. The van der Waals surface area contributed by atoms with E-state index in [9.17, 15) is 28.9 Å². The highest BCUT2D eigenvalue weighted by atomic mass is 31.2. The molecule has 10 nitrogen and oxygen atoms in total. The molecule has 35 heavy (non-hydrogen) atoms. The van der Waals surface area contributed by atoms with Crippen LogP contribution in [0.25, 0.3) is 10.9 Å². The Kier molecular flexibility index (Phi) is 8.81. The minimum Gasteiger partial charge on any atom is -0.480 e. The van der Waals surface area contributed by atoms with Gasteiger partial charge in [0.25, 0.3) is 5.91 Å². The molecule has 0 aliphatic heterocycles. The van der Waals surface area contributed by atoms with Gasteiger partial charge in [-0.3, -0.25) is 18.7 Å². The molecule has 0 radical (unpaired) electrons. The molecule has 0 aliphatic carbocycles. The van der Waals surface area contributed by atoms with Crippen LogP contribution < -0.4 is 11.1 Å². The quantitative estimate of drug-likeness (QED) is 0.224. The van der Waals surface area contributed by atoms with E-state index in [-0.39, 0.29) is 12.6 Å². The van der Waals surface area contributed by atoms with Crippen LogP contribution in [0, 0.1) is 0 Å². The molecule has 1 aromatic heterocycles. The van der Waals surface area contributed by atoms with Crippen molar-refractivity contribution in [2.24, 2.45) is 5.73 Å². The van der Waals surface area contributed by atoms with Crippen LogP contribution in [0.1, 0.15) is 24.0 Å². The average molecular weight is 501 g/mol. The lowest BCUT2D eigenvalue weighted by Gasteiger charge is -2.22. The maximum Gasteiger partial charge on any atom is 0.328 e. The number of amides is 2. The maximum atomic E-state index is 13.0. The number of H-pyrrole nitrogens is 1. The van der Waals surface area contributed by atoms with Crippen LogP contribution in [-0.2, 0) is 36.3 Å². The molecule has 3 atom stereocenters. The van der Waals surface area contributed by atoms with Gasteiger partial charge in [-0.15, -0.1) is 0 Å². The Balaban J connectivity index is 1.76. The number of aromatic amines is 1. The molecule has 3 aromatic rings. The molecule has 2 aromatic carbocycles. The van der Waals surface area contributed by atoms with Gasteiger partial charge in [0.2, 0.25) is 5.91 Å². The number of nitrogens with one attached hydrogen (secondary N) is 2. The minimum atomic E-state index is -4.22. The first kappa shape index (κ1) is 26.2. The Morgan fingerprint density at radius 3 is 2.46 bits per heavy atom. The molecule has 0 aliphatic rings. The van der Waals surface area contributed by atoms with Crippen molar-refractivity contribution in [3.63, 3.8) is 0 Å². The van der Waals surface area contributed by atoms with E-state index in [1.165, 1.54) is 0 Å². The van der Waals surface area contributed by atoms with Gasteiger partial charge in [0.05, 0.1) is 12.6 Å². The molecule has 6 N–H and O–H groups in total. The number of nitrogens with two attached hydrogens (primary N) is 1. The first-order chi connectivity index (χ1) is 16.6. The predicted molar refractivity (Wildman–Crippen MR) is 130 cm³/mol. The zero-order valence-electron chi connectivity index (χ0n) is 18.9. The van der Waals surface area contributed by atoms with Crippen LogP contribution in [-0.4, -0.2) is 51.1 Å². The fraction of sp³-hybridized carbons (Fsp3) is 0.292. The molecule has 0 saturated carbocycles. The van der Waals surface area contributed by atoms with E-state index in [4.69, 9.17) is 10.3 Å². The topological polar surface area (TPSA) is 172 Å². The van der Waals surface area contributed by atoms with Gasteiger partial charge >= 0.3 is 13.6 Å². The summed E-state index contributed by atoms with van der Waals surface area (Å²) in [6.45, 7) is 0. The number of aliphatic carboxylic acids is 1. The summed E-state index contributed by atoms with van der Waals surface area (Å²) < 4.78 is 18.3. The average Bonchev–Trinajstić information content (AvgIpc) is 3.21. The van der Waals surface area contributed by atoms with E-state index in [1.54, 1.807) is 6.20 Å². The lowest BCUT2D eigenvalue weighted by atomic mass is 10.1. The Hall–Kier alpha value is -3.46. The molecule has 0 saturated heterocycles. The number of primary amides is 1. The normalized spacial score (nSPS) is 14.7. The van der Waals surface area contributed by atoms with Gasteiger partial charge in [-0.05, 0) is 30.0 Å². The van der Waals surface area contributed by atoms with Crippen LogP contribution in [0.2, 0.25) is 0 Å². The Bertz CT molecular complexity index is 1230. The van der Waals surface area contributed by atoms with Crippen LogP contribution in [0.4, 0.5) is 0 Å². The minimum absolute atomic E-state index is 0.0952. The van der Waals surface area contributed by atoms with Gasteiger partial charge in [0.15, 0.2) is 0 Å². The molecule has 186 valence electrons. The second-order valence-corrected chi connectivity index (χ2v) is 10.1. The summed E-state index contributed by atoms with van der Waals surface area (Å²) in [7, 11) is -4.22. The predicted octanol–water partition coefficient (Wildman–Crippen LogP) is 2.36. The van der Waals surface area contributed by atoms with Gasteiger partial charge in [-0.2, -0.15) is 0 Å². The molecule has 1 heterocycles. The fourth-order valence-electron chi connectivity index (χ4n) is 3.72. The number of carboxylic acid groups (broad SMARTS) is 1. The molecule has 3 rings (SSSR count). The summed E-state index contributed by atoms with van der Waals surface area (Å²) in [5.41, 5.74) is 7.53. The lowest BCUT2D eigenvalue weighted by molar-refractivity contribution is -0.144. The number of carboxylic acids is 1. The second-order valence-electron chi connectivity index (χ2n) is 8.18. The van der Waals surface area contributed by atoms with Crippen molar-refractivity contribution < 1.29 is 33.5 Å². The molecule has 2 unspecified atom stereocenters. The van der Waals surface area contributed by atoms with Crippen LogP contribution in [0.3, 0.4) is 0 Å². The Morgan fingerprint density at radius 1 is 1.09 bits per heavy atom. The molecular formula is C24H28N3O7P. The van der Waals surface area contributed by atoms with E-state index in [1.807, 2.05) is 54.6 Å². The Morgan fingerprint density at radius 2 is 1.77 bits per heavy atom. The number of fused-ring (bicyclic) bond motifs is 1. The van der Waals surface area contributed by atoms with Crippen molar-refractivity contribution in [2.75, 3.05) is 6.16 Å². The van der Waals surface area contributed by atoms with Crippen molar-refractivity contribution in [3.8, 4) is 0 Å². The third-order valence-corrected chi connectivity index (χ3v) is 6.90. The van der Waals surface area contributed by atoms with Gasteiger partial charge in [0, 0.05) is 23.5 Å². The molecule has 0 fully saturated rings. The monoisotopic (exact) mass is 501 g/mol. The van der Waals surface area contributed by atoms with Crippen LogP contribution >= 0.6 is 7.60 Å². The standard InChI is InChI=1S/C24H28N3O7P/c25-22(28)14-20(24(30)31)27-23(29)21(13-17-15-26-19-11-5-4-10-18(17)19)34-35(32,33)12-6-9-16-7-2-1-3-8-16/h1-5,7-8,10-11,15,20-21,26H,6,9,12-14H2,(H2,25,28)(H,27,29)(H,30,31)(H,32,33)/t20-,21?/m0/s1. The van der Waals surface area contributed by atoms with Gasteiger partial charge in [-0.1, -0.05) is 48.5 Å². The van der Waals surface area contributed by atoms with Crippen molar-refractivity contribution in [1.29, 1.82) is 0 Å². The van der Waals surface area contributed by atoms with E-state index < -0.39 is 43.9 Å². The van der Waals surface area contributed by atoms with Crippen molar-refractivity contribution in [1.82, 2.24) is 10.3 Å². The molecule has 0 spiro atoms. The van der Waals surface area contributed by atoms with Crippen molar-refractivity contribution in [3.05, 3.63) is 71.9 Å². The first-order valence-corrected chi connectivity index (χ1v) is 12.8. The second kappa shape index (κ2) is 11.8. The van der Waals surface area contributed by atoms with Crippen molar-refractivity contribution in [2.45, 2.75) is 37.8 Å². The maximum absolute atomic E-state index is 13.0. The van der Waals surface area contributed by atoms with Gasteiger partial charge in [0.1, 0.15) is 12.1 Å². The molecule has 0 bridgehead atoms. The summed E-state index contributed by atoms with van der Waals surface area (Å²) >= 11 is 0. The summed E-state index contributed by atoms with van der Waals surface area (Å²) in [6, 6.07) is 15.1. The largest absolute Gasteiger partial charge is 0.480 e. The van der Waals surface area contributed by atoms with E-state index in [0.29, 0.717) is 18.4 Å². The third-order valence-electron chi connectivity index (χ3n) is 5.43. The summed E-state index contributed by atoms with van der Waals surface area (Å²) in [5.74, 6) is -3.31. The van der Waals surface area contributed by atoms with Crippen molar-refractivity contribution >= 4 is 36.3 Å². The fourth-order valence-corrected chi connectivity index (χ4v) is 4.95. The number of rotatable bonds is 13. The van der Waals surface area contributed by atoms with Gasteiger partial charge < -0.3 is 26.0 Å². The molecule has 2 amide bonds. The highest BCUT2D eigenvalue weighted by molar-refractivity contribution is 7.52. The zero-order valence-corrected chi connectivity index (χ0v) is 19.8. The van der Waals surface area contributed by atoms with E-state index >= 15 is 0 Å². The number of benzene rings is 2. The summed E-state index contributed by atoms with van der Waals surface area (Å²) in [5, 5.41) is 12.3. The number of aromatic nitrogens is 1. The van der Waals surface area contributed by atoms with Crippen LogP contribution in [0.15, 0.2) is 60.8 Å². The van der Waals surface area contributed by atoms with Crippen LogP contribution in [0.5, 0.6) is 0 Å². The highest BCUT2D eigenvalue weighted by Gasteiger charge is 2.33.